The van der Waals surface area contributed by atoms with Gasteiger partial charge in [0.15, 0.2) is 0 Å². The van der Waals surface area contributed by atoms with Gasteiger partial charge in [-0.15, -0.1) is 11.8 Å². The molecule has 1 heterocycles. The molecule has 86 valence electrons. The number of hydrogen-bond donors (Lipinski definition) is 2. The van der Waals surface area contributed by atoms with Crippen molar-refractivity contribution in [3.05, 3.63) is 33.8 Å². The van der Waals surface area contributed by atoms with Crippen molar-refractivity contribution in [3.63, 3.8) is 0 Å². The summed E-state index contributed by atoms with van der Waals surface area (Å²) in [6.45, 7) is 0. The lowest BCUT2D eigenvalue weighted by Crippen LogP contribution is -2.33. The molecule has 1 aliphatic rings. The summed E-state index contributed by atoms with van der Waals surface area (Å²) in [5.41, 5.74) is 0.947. The molecule has 0 saturated carbocycles. The molecule has 1 aromatic rings. The van der Waals surface area contributed by atoms with E-state index in [1.54, 1.807) is 23.9 Å². The van der Waals surface area contributed by atoms with Gasteiger partial charge in [-0.3, -0.25) is 10.1 Å². The van der Waals surface area contributed by atoms with Crippen LogP contribution in [0.5, 0.6) is 0 Å². The first-order valence-corrected chi connectivity index (χ1v) is 6.44. The average molecular weight is 278 g/mol. The Morgan fingerprint density at radius 1 is 1.44 bits per heavy atom. The number of aliphatic carboxylic acids is 1. The molecule has 1 fully saturated rings. The van der Waals surface area contributed by atoms with Gasteiger partial charge in [-0.25, -0.2) is 0 Å². The van der Waals surface area contributed by atoms with Crippen molar-refractivity contribution in [2.24, 2.45) is 0 Å². The zero-order valence-corrected chi connectivity index (χ0v) is 10.4. The molecule has 1 aromatic carbocycles. The molecule has 1 aliphatic heterocycles. The number of rotatable bonds is 2. The van der Waals surface area contributed by atoms with Crippen LogP contribution < -0.4 is 5.32 Å². The maximum atomic E-state index is 10.8. The van der Waals surface area contributed by atoms with Gasteiger partial charge in [-0.1, -0.05) is 29.3 Å². The van der Waals surface area contributed by atoms with Gasteiger partial charge in [0.25, 0.3) is 0 Å². The summed E-state index contributed by atoms with van der Waals surface area (Å²) >= 11 is 13.3. The number of thioether (sulfide) groups is 1. The lowest BCUT2D eigenvalue weighted by atomic mass is 10.2. The topological polar surface area (TPSA) is 49.3 Å². The van der Waals surface area contributed by atoms with E-state index < -0.39 is 12.0 Å². The predicted molar refractivity (Wildman–Crippen MR) is 66.2 cm³/mol. The fourth-order valence-electron chi connectivity index (χ4n) is 1.48. The summed E-state index contributed by atoms with van der Waals surface area (Å²) in [5, 5.41) is 12.8. The molecule has 0 amide bonds. The highest BCUT2D eigenvalue weighted by atomic mass is 35.5. The quantitative estimate of drug-likeness (QED) is 0.873. The van der Waals surface area contributed by atoms with E-state index in [-0.39, 0.29) is 5.37 Å². The van der Waals surface area contributed by atoms with Crippen LogP contribution in [0.2, 0.25) is 10.0 Å². The smallest absolute Gasteiger partial charge is 0.321 e. The van der Waals surface area contributed by atoms with Crippen molar-refractivity contribution in [3.8, 4) is 0 Å². The molecule has 0 spiro atoms. The summed E-state index contributed by atoms with van der Waals surface area (Å²) < 4.78 is 0. The van der Waals surface area contributed by atoms with Gasteiger partial charge < -0.3 is 5.11 Å². The third-order valence-electron chi connectivity index (χ3n) is 2.33. The Bertz CT molecular complexity index is 427. The molecular weight excluding hydrogens is 269 g/mol. The molecule has 2 N–H and O–H groups in total. The molecule has 2 atom stereocenters. The van der Waals surface area contributed by atoms with Crippen molar-refractivity contribution in [2.75, 3.05) is 5.75 Å². The number of nitrogens with one attached hydrogen (secondary N) is 1. The van der Waals surface area contributed by atoms with Crippen molar-refractivity contribution in [1.29, 1.82) is 0 Å². The fourth-order valence-corrected chi connectivity index (χ4v) is 3.01. The van der Waals surface area contributed by atoms with Crippen molar-refractivity contribution < 1.29 is 9.90 Å². The SMILES string of the molecule is O=C(O)[C@@H]1CSC(c2ccc(Cl)c(Cl)c2)N1. The van der Waals surface area contributed by atoms with E-state index in [0.29, 0.717) is 15.8 Å². The summed E-state index contributed by atoms with van der Waals surface area (Å²) in [7, 11) is 0. The Hall–Kier alpha value is -0.420. The largest absolute Gasteiger partial charge is 0.480 e. The molecule has 0 aromatic heterocycles. The number of carbonyl (C=O) groups is 1. The minimum absolute atomic E-state index is 0.0316. The average Bonchev–Trinajstić information content (AvgIpc) is 2.71. The van der Waals surface area contributed by atoms with E-state index in [9.17, 15) is 4.79 Å². The molecule has 0 radical (unpaired) electrons. The van der Waals surface area contributed by atoms with Gasteiger partial charge in [-0.05, 0) is 17.7 Å². The van der Waals surface area contributed by atoms with E-state index in [1.807, 2.05) is 6.07 Å². The Morgan fingerprint density at radius 3 is 2.75 bits per heavy atom. The molecule has 6 heteroatoms. The first-order chi connectivity index (χ1) is 7.58. The standard InChI is InChI=1S/C10H9Cl2NO2S/c11-6-2-1-5(3-7(6)12)9-13-8(4-16-9)10(14)15/h1-3,8-9,13H,4H2,(H,14,15)/t8-,9?/m0/s1. The Labute approximate surface area is 107 Å². The highest BCUT2D eigenvalue weighted by molar-refractivity contribution is 7.99. The summed E-state index contributed by atoms with van der Waals surface area (Å²) in [6, 6.07) is 4.83. The lowest BCUT2D eigenvalue weighted by molar-refractivity contribution is -0.138. The van der Waals surface area contributed by atoms with Crippen LogP contribution in [0, 0.1) is 0 Å². The van der Waals surface area contributed by atoms with Gasteiger partial charge in [-0.2, -0.15) is 0 Å². The van der Waals surface area contributed by atoms with Gasteiger partial charge in [0, 0.05) is 5.75 Å². The zero-order chi connectivity index (χ0) is 11.7. The van der Waals surface area contributed by atoms with E-state index >= 15 is 0 Å². The van der Waals surface area contributed by atoms with Crippen LogP contribution in [-0.4, -0.2) is 22.9 Å². The second-order valence-electron chi connectivity index (χ2n) is 3.44. The van der Waals surface area contributed by atoms with E-state index in [2.05, 4.69) is 5.32 Å². The summed E-state index contributed by atoms with van der Waals surface area (Å²) in [4.78, 5) is 10.8. The Balaban J connectivity index is 2.14. The van der Waals surface area contributed by atoms with Crippen LogP contribution in [-0.2, 0) is 4.79 Å². The first kappa shape index (κ1) is 12.0. The second kappa shape index (κ2) is 4.84. The Morgan fingerprint density at radius 2 is 2.19 bits per heavy atom. The monoisotopic (exact) mass is 277 g/mol. The highest BCUT2D eigenvalue weighted by Gasteiger charge is 2.30. The minimum atomic E-state index is -0.824. The van der Waals surface area contributed by atoms with Gasteiger partial charge >= 0.3 is 5.97 Å². The van der Waals surface area contributed by atoms with Crippen molar-refractivity contribution in [2.45, 2.75) is 11.4 Å². The zero-order valence-electron chi connectivity index (χ0n) is 8.11. The van der Waals surface area contributed by atoms with Crippen LogP contribution in [0.15, 0.2) is 18.2 Å². The van der Waals surface area contributed by atoms with Crippen LogP contribution in [0.1, 0.15) is 10.9 Å². The van der Waals surface area contributed by atoms with Crippen molar-refractivity contribution in [1.82, 2.24) is 5.32 Å². The van der Waals surface area contributed by atoms with E-state index in [0.717, 1.165) is 5.56 Å². The number of hydrogen-bond acceptors (Lipinski definition) is 3. The maximum Gasteiger partial charge on any atom is 0.321 e. The number of carboxylic acids is 1. The minimum Gasteiger partial charge on any atom is -0.480 e. The molecule has 16 heavy (non-hydrogen) atoms. The van der Waals surface area contributed by atoms with Gasteiger partial charge in [0.2, 0.25) is 0 Å². The molecule has 0 aliphatic carbocycles. The number of benzene rings is 1. The van der Waals surface area contributed by atoms with Crippen molar-refractivity contribution >= 4 is 40.9 Å². The molecule has 0 bridgehead atoms. The molecule has 1 unspecified atom stereocenters. The van der Waals surface area contributed by atoms with E-state index in [4.69, 9.17) is 28.3 Å². The lowest BCUT2D eigenvalue weighted by Gasteiger charge is -2.11. The predicted octanol–water partition coefficient (Wildman–Crippen LogP) is 2.78. The fraction of sp³-hybridized carbons (Fsp3) is 0.300. The van der Waals surface area contributed by atoms with Crippen LogP contribution in [0.3, 0.4) is 0 Å². The van der Waals surface area contributed by atoms with Crippen LogP contribution >= 0.6 is 35.0 Å². The summed E-state index contributed by atoms with van der Waals surface area (Å²) in [5.74, 6) is -0.268. The maximum absolute atomic E-state index is 10.8. The highest BCUT2D eigenvalue weighted by Crippen LogP contribution is 2.35. The van der Waals surface area contributed by atoms with Gasteiger partial charge in [0.1, 0.15) is 6.04 Å². The van der Waals surface area contributed by atoms with Gasteiger partial charge in [0.05, 0.1) is 15.4 Å². The third kappa shape index (κ3) is 2.46. The second-order valence-corrected chi connectivity index (χ2v) is 5.40. The molecular formula is C10H9Cl2NO2S. The van der Waals surface area contributed by atoms with Crippen LogP contribution in [0.25, 0.3) is 0 Å². The normalized spacial score (nSPS) is 24.6. The van der Waals surface area contributed by atoms with Crippen LogP contribution in [0.4, 0.5) is 0 Å². The first-order valence-electron chi connectivity index (χ1n) is 4.63. The Kier molecular flexibility index (Phi) is 3.64. The molecule has 3 nitrogen and oxygen atoms in total. The molecule has 1 saturated heterocycles. The molecule has 2 rings (SSSR count). The third-order valence-corrected chi connectivity index (χ3v) is 4.33. The number of halogens is 2. The number of carboxylic acid groups (broad SMARTS) is 1. The van der Waals surface area contributed by atoms with E-state index in [1.165, 1.54) is 0 Å². The summed E-state index contributed by atoms with van der Waals surface area (Å²) in [6.07, 6.45) is 0.